The molecule has 0 radical (unpaired) electrons. The number of para-hydroxylation sites is 2. The van der Waals surface area contributed by atoms with Crippen LogP contribution in [0.25, 0.3) is 116 Å². The first-order valence-corrected chi connectivity index (χ1v) is 20.7. The van der Waals surface area contributed by atoms with Crippen LogP contribution >= 0.6 is 0 Å². The van der Waals surface area contributed by atoms with E-state index in [4.69, 9.17) is 15.0 Å². The van der Waals surface area contributed by atoms with Crippen LogP contribution in [0.3, 0.4) is 0 Å². The molecule has 0 aliphatic carbocycles. The van der Waals surface area contributed by atoms with Gasteiger partial charge in [-0.05, 0) is 75.8 Å². The Labute approximate surface area is 352 Å². The van der Waals surface area contributed by atoms with Crippen LogP contribution < -0.4 is 0 Å². The highest BCUT2D eigenvalue weighted by Crippen LogP contribution is 2.42. The number of pyridine rings is 1. The highest BCUT2D eigenvalue weighted by molar-refractivity contribution is 6.20. The first kappa shape index (κ1) is 34.8. The molecule has 4 heteroatoms. The van der Waals surface area contributed by atoms with Crippen LogP contribution in [0.2, 0.25) is 0 Å². The Balaban J connectivity index is 1.06. The average Bonchev–Trinajstić information content (AvgIpc) is 3.66. The van der Waals surface area contributed by atoms with Crippen molar-refractivity contribution in [1.82, 2.24) is 19.5 Å². The normalized spacial score (nSPS) is 11.6. The molecular formula is C57H36N4. The summed E-state index contributed by atoms with van der Waals surface area (Å²) in [5.41, 5.74) is 13.6. The number of benzene rings is 9. The van der Waals surface area contributed by atoms with Crippen LogP contribution in [-0.4, -0.2) is 19.5 Å². The van der Waals surface area contributed by atoms with E-state index in [1.165, 1.54) is 21.7 Å². The van der Waals surface area contributed by atoms with Crippen LogP contribution in [0, 0.1) is 0 Å². The fourth-order valence-electron chi connectivity index (χ4n) is 9.13. The van der Waals surface area contributed by atoms with Crippen molar-refractivity contribution in [1.29, 1.82) is 0 Å². The van der Waals surface area contributed by atoms with Gasteiger partial charge in [-0.3, -0.25) is 0 Å². The molecule has 0 amide bonds. The van der Waals surface area contributed by atoms with Crippen molar-refractivity contribution in [2.75, 3.05) is 0 Å². The highest BCUT2D eigenvalue weighted by atomic mass is 15.0. The standard InChI is InChI=1S/C57H36N4/c1-5-17-37(18-6-1)51-36-52(38-19-7-2-8-20-38)60-57(59-51)47-32-31-42(43-25-13-14-26-44(43)47)40-29-30-45-48-34-49-46-27-15-16-28-54(46)61(41-23-11-4-12-24-41)55(49)35-50(48)56(58-53(45)33-40)39-21-9-3-10-22-39/h1-36H. The summed E-state index contributed by atoms with van der Waals surface area (Å²) in [5.74, 6) is 0.696. The molecule has 12 rings (SSSR count). The Kier molecular flexibility index (Phi) is 8.13. The van der Waals surface area contributed by atoms with E-state index in [1.807, 2.05) is 12.1 Å². The molecular weight excluding hydrogens is 741 g/mol. The molecule has 0 aliphatic rings. The molecule has 0 fully saturated rings. The summed E-state index contributed by atoms with van der Waals surface area (Å²) in [7, 11) is 0. The van der Waals surface area contributed by atoms with Crippen molar-refractivity contribution in [2.24, 2.45) is 0 Å². The molecule has 284 valence electrons. The molecule has 0 aliphatic heterocycles. The monoisotopic (exact) mass is 776 g/mol. The maximum atomic E-state index is 5.52. The van der Waals surface area contributed by atoms with Gasteiger partial charge in [0.05, 0.1) is 33.6 Å². The molecule has 0 saturated heterocycles. The highest BCUT2D eigenvalue weighted by Gasteiger charge is 2.19. The topological polar surface area (TPSA) is 43.6 Å². The molecule has 0 N–H and O–H groups in total. The summed E-state index contributed by atoms with van der Waals surface area (Å²) in [4.78, 5) is 15.9. The molecule has 0 atom stereocenters. The number of hydrogen-bond acceptors (Lipinski definition) is 3. The van der Waals surface area contributed by atoms with Crippen molar-refractivity contribution in [2.45, 2.75) is 0 Å². The first-order valence-electron chi connectivity index (χ1n) is 20.7. The largest absolute Gasteiger partial charge is 0.309 e. The molecule has 0 saturated carbocycles. The zero-order chi connectivity index (χ0) is 40.3. The van der Waals surface area contributed by atoms with E-state index in [1.54, 1.807) is 0 Å². The van der Waals surface area contributed by atoms with Crippen molar-refractivity contribution in [3.05, 3.63) is 218 Å². The van der Waals surface area contributed by atoms with E-state index in [-0.39, 0.29) is 0 Å². The summed E-state index contributed by atoms with van der Waals surface area (Å²) in [5, 5.41) is 8.11. The molecule has 3 aromatic heterocycles. The Morgan fingerprint density at radius 1 is 0.295 bits per heavy atom. The second kappa shape index (κ2) is 14.3. The lowest BCUT2D eigenvalue weighted by Gasteiger charge is -2.15. The predicted octanol–water partition coefficient (Wildman–Crippen LogP) is 14.8. The Morgan fingerprint density at radius 3 is 1.52 bits per heavy atom. The lowest BCUT2D eigenvalue weighted by molar-refractivity contribution is 1.18. The van der Waals surface area contributed by atoms with Gasteiger partial charge in [0, 0.05) is 49.5 Å². The van der Waals surface area contributed by atoms with Gasteiger partial charge in [-0.1, -0.05) is 170 Å². The number of nitrogens with zero attached hydrogens (tertiary/aromatic N) is 4. The van der Waals surface area contributed by atoms with Crippen molar-refractivity contribution in [3.63, 3.8) is 0 Å². The molecule has 61 heavy (non-hydrogen) atoms. The fraction of sp³-hybridized carbons (Fsp3) is 0. The zero-order valence-electron chi connectivity index (χ0n) is 33.1. The van der Waals surface area contributed by atoms with Gasteiger partial charge in [-0.15, -0.1) is 0 Å². The molecule has 3 heterocycles. The van der Waals surface area contributed by atoms with Gasteiger partial charge in [0.1, 0.15) is 0 Å². The van der Waals surface area contributed by atoms with E-state index in [9.17, 15) is 0 Å². The van der Waals surface area contributed by atoms with Crippen LogP contribution in [-0.2, 0) is 0 Å². The van der Waals surface area contributed by atoms with Gasteiger partial charge in [0.15, 0.2) is 5.82 Å². The Hall–Kier alpha value is -8.21. The fourth-order valence-corrected chi connectivity index (χ4v) is 9.13. The van der Waals surface area contributed by atoms with E-state index in [0.717, 1.165) is 88.7 Å². The maximum Gasteiger partial charge on any atom is 0.161 e. The zero-order valence-corrected chi connectivity index (χ0v) is 33.1. The van der Waals surface area contributed by atoms with Gasteiger partial charge in [-0.25, -0.2) is 15.0 Å². The molecule has 0 spiro atoms. The second-order valence-corrected chi connectivity index (χ2v) is 15.6. The van der Waals surface area contributed by atoms with Gasteiger partial charge in [-0.2, -0.15) is 0 Å². The minimum atomic E-state index is 0.696. The van der Waals surface area contributed by atoms with Crippen LogP contribution in [0.4, 0.5) is 0 Å². The van der Waals surface area contributed by atoms with Crippen LogP contribution in [0.5, 0.6) is 0 Å². The molecule has 0 unspecified atom stereocenters. The average molecular weight is 777 g/mol. The summed E-state index contributed by atoms with van der Waals surface area (Å²) in [6.45, 7) is 0. The minimum Gasteiger partial charge on any atom is -0.309 e. The Bertz CT molecular complexity index is 3560. The SMILES string of the molecule is c1ccc(-c2cc(-c3ccccc3)nc(-c3ccc(-c4ccc5c(c4)nc(-c4ccccc4)c4cc6c(cc45)c4ccccc4n6-c4ccccc4)c4ccccc34)n2)cc1. The van der Waals surface area contributed by atoms with Gasteiger partial charge in [0.25, 0.3) is 0 Å². The minimum absolute atomic E-state index is 0.696. The summed E-state index contributed by atoms with van der Waals surface area (Å²) < 4.78 is 2.38. The summed E-state index contributed by atoms with van der Waals surface area (Å²) in [6.07, 6.45) is 0. The molecule has 4 nitrogen and oxygen atoms in total. The number of rotatable bonds is 6. The quantitative estimate of drug-likeness (QED) is 0.158. The lowest BCUT2D eigenvalue weighted by atomic mass is 9.92. The lowest BCUT2D eigenvalue weighted by Crippen LogP contribution is -1.97. The van der Waals surface area contributed by atoms with Gasteiger partial charge < -0.3 is 4.57 Å². The number of hydrogen-bond donors (Lipinski definition) is 0. The van der Waals surface area contributed by atoms with Crippen molar-refractivity contribution < 1.29 is 0 Å². The van der Waals surface area contributed by atoms with Gasteiger partial charge >= 0.3 is 0 Å². The number of aromatic nitrogens is 4. The van der Waals surface area contributed by atoms with E-state index < -0.39 is 0 Å². The summed E-state index contributed by atoms with van der Waals surface area (Å²) in [6, 6.07) is 77.3. The second-order valence-electron chi connectivity index (χ2n) is 15.6. The molecule has 9 aromatic carbocycles. The summed E-state index contributed by atoms with van der Waals surface area (Å²) >= 11 is 0. The predicted molar refractivity (Wildman–Crippen MR) is 254 cm³/mol. The van der Waals surface area contributed by atoms with Crippen molar-refractivity contribution >= 4 is 54.3 Å². The first-order chi connectivity index (χ1) is 30.2. The van der Waals surface area contributed by atoms with E-state index in [0.29, 0.717) is 5.82 Å². The molecule has 0 bridgehead atoms. The van der Waals surface area contributed by atoms with E-state index >= 15 is 0 Å². The van der Waals surface area contributed by atoms with Crippen LogP contribution in [0.1, 0.15) is 0 Å². The maximum absolute atomic E-state index is 5.52. The third-order valence-electron chi connectivity index (χ3n) is 12.0. The van der Waals surface area contributed by atoms with Crippen molar-refractivity contribution in [3.8, 4) is 62.0 Å². The Morgan fingerprint density at radius 2 is 0.852 bits per heavy atom. The van der Waals surface area contributed by atoms with E-state index in [2.05, 4.69) is 211 Å². The van der Waals surface area contributed by atoms with Crippen LogP contribution in [0.15, 0.2) is 218 Å². The number of fused-ring (bicyclic) bond motifs is 7. The third-order valence-corrected chi connectivity index (χ3v) is 12.0. The molecule has 12 aromatic rings. The third kappa shape index (κ3) is 5.88. The van der Waals surface area contributed by atoms with Gasteiger partial charge in [0.2, 0.25) is 0 Å². The smallest absolute Gasteiger partial charge is 0.161 e.